The van der Waals surface area contributed by atoms with Crippen molar-refractivity contribution < 1.29 is 9.53 Å². The first-order valence-electron chi connectivity index (χ1n) is 6.63. The Kier molecular flexibility index (Phi) is 4.76. The van der Waals surface area contributed by atoms with E-state index in [0.717, 1.165) is 38.1 Å². The summed E-state index contributed by atoms with van der Waals surface area (Å²) in [5.41, 5.74) is 1.20. The molecule has 2 rings (SSSR count). The number of hydrogen-bond donors (Lipinski definition) is 1. The van der Waals surface area contributed by atoms with Crippen LogP contribution < -0.4 is 10.1 Å². The summed E-state index contributed by atoms with van der Waals surface area (Å²) in [4.78, 5) is 11.8. The lowest BCUT2D eigenvalue weighted by Crippen LogP contribution is -2.13. The van der Waals surface area contributed by atoms with Gasteiger partial charge in [-0.3, -0.25) is 4.79 Å². The summed E-state index contributed by atoms with van der Waals surface area (Å²) in [6.45, 7) is 2.07. The van der Waals surface area contributed by atoms with Gasteiger partial charge in [0.05, 0.1) is 7.11 Å². The number of nitrogens with one attached hydrogen (secondary N) is 1. The van der Waals surface area contributed by atoms with Gasteiger partial charge in [-0.15, -0.1) is 0 Å². The Labute approximate surface area is 109 Å². The van der Waals surface area contributed by atoms with Gasteiger partial charge in [0.2, 0.25) is 0 Å². The van der Waals surface area contributed by atoms with Crippen LogP contribution in [0.15, 0.2) is 24.3 Å². The molecule has 0 saturated carbocycles. The molecule has 0 aliphatic carbocycles. The molecular weight excluding hydrogens is 226 g/mol. The molecule has 1 saturated heterocycles. The Morgan fingerprint density at radius 2 is 2.17 bits per heavy atom. The zero-order chi connectivity index (χ0) is 12.8. The van der Waals surface area contributed by atoms with Gasteiger partial charge < -0.3 is 10.1 Å². The largest absolute Gasteiger partial charge is 0.497 e. The lowest BCUT2D eigenvalue weighted by Gasteiger charge is -2.07. The van der Waals surface area contributed by atoms with Crippen molar-refractivity contribution in [1.29, 1.82) is 0 Å². The fourth-order valence-electron chi connectivity index (χ4n) is 2.39. The molecule has 1 aliphatic heterocycles. The molecule has 3 nitrogen and oxygen atoms in total. The molecule has 1 N–H and O–H groups in total. The van der Waals surface area contributed by atoms with Crippen molar-refractivity contribution in [3.63, 3.8) is 0 Å². The SMILES string of the molecule is COc1ccc(CCC(=O)CC2CCNC2)cc1. The standard InChI is InChI=1S/C15H21NO2/c1-18-15-6-3-12(4-7-15)2-5-14(17)10-13-8-9-16-11-13/h3-4,6-7,13,16H,2,5,8-11H2,1H3. The number of carbonyl (C=O) groups is 1. The molecule has 1 unspecified atom stereocenters. The molecule has 18 heavy (non-hydrogen) atoms. The Morgan fingerprint density at radius 3 is 2.78 bits per heavy atom. The molecule has 0 radical (unpaired) electrons. The molecule has 0 aromatic heterocycles. The summed E-state index contributed by atoms with van der Waals surface area (Å²) in [7, 11) is 1.66. The van der Waals surface area contributed by atoms with Gasteiger partial charge in [0.15, 0.2) is 0 Å². The molecule has 98 valence electrons. The molecular formula is C15H21NO2. The normalized spacial score (nSPS) is 18.8. The minimum absolute atomic E-state index is 0.388. The molecule has 3 heteroatoms. The molecule has 1 aromatic rings. The van der Waals surface area contributed by atoms with E-state index < -0.39 is 0 Å². The van der Waals surface area contributed by atoms with E-state index in [1.807, 2.05) is 24.3 Å². The average molecular weight is 247 g/mol. The van der Waals surface area contributed by atoms with E-state index in [0.29, 0.717) is 18.1 Å². The number of aryl methyl sites for hydroxylation is 1. The van der Waals surface area contributed by atoms with Crippen molar-refractivity contribution in [2.45, 2.75) is 25.7 Å². The number of ether oxygens (including phenoxy) is 1. The predicted octanol–water partition coefficient (Wildman–Crippen LogP) is 2.20. The van der Waals surface area contributed by atoms with E-state index in [2.05, 4.69) is 5.32 Å². The lowest BCUT2D eigenvalue weighted by molar-refractivity contribution is -0.119. The highest BCUT2D eigenvalue weighted by atomic mass is 16.5. The summed E-state index contributed by atoms with van der Waals surface area (Å²) in [5.74, 6) is 1.81. The second kappa shape index (κ2) is 6.55. The summed E-state index contributed by atoms with van der Waals surface area (Å²) in [6.07, 6.45) is 3.38. The number of carbonyl (C=O) groups excluding carboxylic acids is 1. The van der Waals surface area contributed by atoms with E-state index in [1.165, 1.54) is 5.56 Å². The summed E-state index contributed by atoms with van der Waals surface area (Å²) in [6, 6.07) is 7.95. The van der Waals surface area contributed by atoms with Gasteiger partial charge in [-0.2, -0.15) is 0 Å². The monoisotopic (exact) mass is 247 g/mol. The van der Waals surface area contributed by atoms with Gasteiger partial charge in [-0.25, -0.2) is 0 Å². The van der Waals surface area contributed by atoms with Gasteiger partial charge >= 0.3 is 0 Å². The molecule has 1 heterocycles. The van der Waals surface area contributed by atoms with Crippen molar-refractivity contribution in [3.8, 4) is 5.75 Å². The van der Waals surface area contributed by atoms with Gasteiger partial charge in [0, 0.05) is 12.8 Å². The molecule has 0 spiro atoms. The summed E-state index contributed by atoms with van der Waals surface area (Å²) < 4.78 is 5.11. The fraction of sp³-hybridized carbons (Fsp3) is 0.533. The number of Topliss-reactive ketones (excluding diaryl/α,β-unsaturated/α-hetero) is 1. The van der Waals surface area contributed by atoms with E-state index in [4.69, 9.17) is 4.74 Å². The predicted molar refractivity (Wildman–Crippen MR) is 71.9 cm³/mol. The van der Waals surface area contributed by atoms with Crippen LogP contribution >= 0.6 is 0 Å². The van der Waals surface area contributed by atoms with Crippen LogP contribution in [0, 0.1) is 5.92 Å². The number of benzene rings is 1. The molecule has 1 aromatic carbocycles. The highest BCUT2D eigenvalue weighted by Gasteiger charge is 2.17. The molecule has 0 amide bonds. The summed E-state index contributed by atoms with van der Waals surface area (Å²) in [5, 5.41) is 3.30. The Balaban J connectivity index is 1.74. The van der Waals surface area contributed by atoms with E-state index in [-0.39, 0.29) is 0 Å². The van der Waals surface area contributed by atoms with Crippen molar-refractivity contribution in [1.82, 2.24) is 5.32 Å². The quantitative estimate of drug-likeness (QED) is 0.837. The van der Waals surface area contributed by atoms with Gasteiger partial charge in [0.1, 0.15) is 11.5 Å². The first-order valence-corrected chi connectivity index (χ1v) is 6.63. The van der Waals surface area contributed by atoms with Crippen LogP contribution in [0.4, 0.5) is 0 Å². The third-order valence-electron chi connectivity index (χ3n) is 3.53. The zero-order valence-corrected chi connectivity index (χ0v) is 10.9. The zero-order valence-electron chi connectivity index (χ0n) is 10.9. The number of ketones is 1. The molecule has 1 fully saturated rings. The highest BCUT2D eigenvalue weighted by molar-refractivity contribution is 5.78. The maximum absolute atomic E-state index is 11.8. The van der Waals surface area contributed by atoms with Crippen molar-refractivity contribution in [3.05, 3.63) is 29.8 Å². The van der Waals surface area contributed by atoms with E-state index >= 15 is 0 Å². The van der Waals surface area contributed by atoms with Crippen LogP contribution in [0.5, 0.6) is 5.75 Å². The van der Waals surface area contributed by atoms with E-state index in [9.17, 15) is 4.79 Å². The lowest BCUT2D eigenvalue weighted by atomic mass is 9.98. The second-order valence-corrected chi connectivity index (χ2v) is 4.95. The third kappa shape index (κ3) is 3.84. The number of methoxy groups -OCH3 is 1. The van der Waals surface area contributed by atoms with Crippen molar-refractivity contribution in [2.75, 3.05) is 20.2 Å². The Bertz CT molecular complexity index is 380. The van der Waals surface area contributed by atoms with E-state index in [1.54, 1.807) is 7.11 Å². The molecule has 1 aliphatic rings. The first-order chi connectivity index (χ1) is 8.78. The third-order valence-corrected chi connectivity index (χ3v) is 3.53. The first kappa shape index (κ1) is 13.1. The molecule has 0 bridgehead atoms. The van der Waals surface area contributed by atoms with Crippen LogP contribution in [0.1, 0.15) is 24.8 Å². The summed E-state index contributed by atoms with van der Waals surface area (Å²) >= 11 is 0. The minimum Gasteiger partial charge on any atom is -0.497 e. The minimum atomic E-state index is 0.388. The van der Waals surface area contributed by atoms with Crippen LogP contribution in [-0.4, -0.2) is 26.0 Å². The maximum Gasteiger partial charge on any atom is 0.133 e. The average Bonchev–Trinajstić information content (AvgIpc) is 2.90. The Morgan fingerprint density at radius 1 is 1.39 bits per heavy atom. The van der Waals surface area contributed by atoms with Gasteiger partial charge in [-0.1, -0.05) is 12.1 Å². The van der Waals surface area contributed by atoms with Gasteiger partial charge in [-0.05, 0) is 49.5 Å². The molecule has 1 atom stereocenters. The van der Waals surface area contributed by atoms with Crippen LogP contribution in [0.2, 0.25) is 0 Å². The highest BCUT2D eigenvalue weighted by Crippen LogP contribution is 2.16. The topological polar surface area (TPSA) is 38.3 Å². The maximum atomic E-state index is 11.8. The Hall–Kier alpha value is -1.35. The van der Waals surface area contributed by atoms with Crippen LogP contribution in [0.25, 0.3) is 0 Å². The second-order valence-electron chi connectivity index (χ2n) is 4.95. The van der Waals surface area contributed by atoms with Crippen molar-refractivity contribution >= 4 is 5.78 Å². The fourth-order valence-corrected chi connectivity index (χ4v) is 2.39. The van der Waals surface area contributed by atoms with Crippen molar-refractivity contribution in [2.24, 2.45) is 5.92 Å². The van der Waals surface area contributed by atoms with Gasteiger partial charge in [0.25, 0.3) is 0 Å². The van der Waals surface area contributed by atoms with Crippen LogP contribution in [-0.2, 0) is 11.2 Å². The number of hydrogen-bond acceptors (Lipinski definition) is 3. The smallest absolute Gasteiger partial charge is 0.133 e. The number of rotatable bonds is 6. The van der Waals surface area contributed by atoms with Crippen LogP contribution in [0.3, 0.4) is 0 Å².